The van der Waals surface area contributed by atoms with Crippen molar-refractivity contribution in [1.82, 2.24) is 0 Å². The Balaban J connectivity index is 0. The van der Waals surface area contributed by atoms with E-state index in [1.165, 1.54) is 6.32 Å². The maximum absolute atomic E-state index is 2.31. The van der Waals surface area contributed by atoms with Gasteiger partial charge in [0.05, 0.1) is 0 Å². The zero-order valence-electron chi connectivity index (χ0n) is 4.71. The van der Waals surface area contributed by atoms with Gasteiger partial charge in [-0.05, 0) is 7.28 Å². The summed E-state index contributed by atoms with van der Waals surface area (Å²) in [5.41, 5.74) is 0. The van der Waals surface area contributed by atoms with Crippen molar-refractivity contribution in [1.29, 1.82) is 0 Å². The first-order valence-electron chi connectivity index (χ1n) is 2.41. The predicted octanol–water partition coefficient (Wildman–Crippen LogP) is -2.35. The molecule has 0 aromatic heterocycles. The Kier molecular flexibility index (Phi) is 16.2. The SMILES string of the molecule is C[BH2-]CC.[Li+]. The Morgan fingerprint density at radius 2 is 1.80 bits per heavy atom. The van der Waals surface area contributed by atoms with Crippen LogP contribution in [0.2, 0.25) is 13.1 Å². The van der Waals surface area contributed by atoms with Gasteiger partial charge >= 0.3 is 18.9 Å². The van der Waals surface area contributed by atoms with Gasteiger partial charge in [-0.1, -0.05) is 6.92 Å². The molecule has 0 aliphatic rings. The number of hydrogen-bond donors (Lipinski definition) is 0. The van der Waals surface area contributed by atoms with E-state index in [1.807, 2.05) is 0 Å². The van der Waals surface area contributed by atoms with Gasteiger partial charge in [0.25, 0.3) is 0 Å². The second kappa shape index (κ2) is 8.82. The van der Waals surface area contributed by atoms with Gasteiger partial charge in [-0.3, -0.25) is 0 Å². The fraction of sp³-hybridized carbons (Fsp3) is 1.00. The first-order valence-corrected chi connectivity index (χ1v) is 2.41. The van der Waals surface area contributed by atoms with Crippen LogP contribution in [0, 0.1) is 0 Å². The summed E-state index contributed by atoms with van der Waals surface area (Å²) in [4.78, 5) is 0. The van der Waals surface area contributed by atoms with Gasteiger partial charge in [-0.15, -0.1) is 0 Å². The zero-order valence-corrected chi connectivity index (χ0v) is 4.71. The maximum Gasteiger partial charge on any atom is 1.00 e. The summed E-state index contributed by atoms with van der Waals surface area (Å²) in [5.74, 6) is 0. The van der Waals surface area contributed by atoms with Crippen molar-refractivity contribution in [2.75, 3.05) is 0 Å². The Morgan fingerprint density at radius 1 is 1.60 bits per heavy atom. The van der Waals surface area contributed by atoms with Crippen LogP contribution in [0.5, 0.6) is 0 Å². The standard InChI is InChI=1S/C3H10B.Li/c1-3-4-2;/h3-4H2,1-2H3;/q-1;+1. The molecule has 26 valence electrons. The molecule has 0 N–H and O–H groups in total. The van der Waals surface area contributed by atoms with Crippen LogP contribution in [0.4, 0.5) is 0 Å². The van der Waals surface area contributed by atoms with Crippen molar-refractivity contribution in [2.45, 2.75) is 20.1 Å². The fourth-order valence-corrected chi connectivity index (χ4v) is 0. The van der Waals surface area contributed by atoms with Gasteiger partial charge in [0.15, 0.2) is 0 Å². The Morgan fingerprint density at radius 3 is 1.80 bits per heavy atom. The van der Waals surface area contributed by atoms with Gasteiger partial charge in [0.1, 0.15) is 0 Å². The van der Waals surface area contributed by atoms with Gasteiger partial charge in [0, 0.05) is 0 Å². The topological polar surface area (TPSA) is 0 Å². The van der Waals surface area contributed by atoms with Crippen LogP contribution in [-0.2, 0) is 0 Å². The first kappa shape index (κ1) is 9.18. The van der Waals surface area contributed by atoms with Crippen molar-refractivity contribution in [3.8, 4) is 0 Å². The quantitative estimate of drug-likeness (QED) is 0.299. The molecule has 0 saturated heterocycles. The molecule has 0 unspecified atom stereocenters. The second-order valence-corrected chi connectivity index (χ2v) is 1.41. The van der Waals surface area contributed by atoms with E-state index in [0.717, 1.165) is 0 Å². The average Bonchev–Trinajstić information content (AvgIpc) is 1.37. The zero-order chi connectivity index (χ0) is 3.41. The summed E-state index contributed by atoms with van der Waals surface area (Å²) in [7, 11) is 0.514. The third-order valence-electron chi connectivity index (χ3n) is 0.707. The van der Waals surface area contributed by atoms with Crippen molar-refractivity contribution in [3.63, 3.8) is 0 Å². The maximum atomic E-state index is 2.31. The smallest absolute Gasteiger partial charge is 0.196 e. The van der Waals surface area contributed by atoms with Crippen LogP contribution in [0.1, 0.15) is 6.92 Å². The second-order valence-electron chi connectivity index (χ2n) is 1.41. The molecule has 0 saturated carbocycles. The molecule has 0 spiro atoms. The van der Waals surface area contributed by atoms with Gasteiger partial charge in [-0.2, -0.15) is 13.1 Å². The molecule has 5 heavy (non-hydrogen) atoms. The minimum Gasteiger partial charge on any atom is -0.196 e. The predicted molar refractivity (Wildman–Crippen MR) is 24.9 cm³/mol. The third kappa shape index (κ3) is 12.0. The molecule has 0 rings (SSSR count). The third-order valence-corrected chi connectivity index (χ3v) is 0.707. The Labute approximate surface area is 46.8 Å². The van der Waals surface area contributed by atoms with E-state index >= 15 is 0 Å². The summed E-state index contributed by atoms with van der Waals surface area (Å²) in [6, 6.07) is 0. The summed E-state index contributed by atoms with van der Waals surface area (Å²) in [6.07, 6.45) is 1.44. The summed E-state index contributed by atoms with van der Waals surface area (Å²) in [5, 5.41) is 0. The molecule has 0 bridgehead atoms. The van der Waals surface area contributed by atoms with Gasteiger partial charge < -0.3 is 0 Å². The van der Waals surface area contributed by atoms with Crippen molar-refractivity contribution < 1.29 is 18.9 Å². The van der Waals surface area contributed by atoms with E-state index in [2.05, 4.69) is 13.7 Å². The molecule has 0 aromatic carbocycles. The molecule has 0 aliphatic carbocycles. The molecule has 0 heterocycles. The molecule has 0 nitrogen and oxygen atoms in total. The number of hydrogen-bond acceptors (Lipinski definition) is 0. The van der Waals surface area contributed by atoms with Crippen LogP contribution in [0.15, 0.2) is 0 Å². The van der Waals surface area contributed by atoms with E-state index in [0.29, 0.717) is 7.28 Å². The van der Waals surface area contributed by atoms with E-state index < -0.39 is 0 Å². The summed E-state index contributed by atoms with van der Waals surface area (Å²) in [6.45, 7) is 4.54. The van der Waals surface area contributed by atoms with Gasteiger partial charge in [0.2, 0.25) is 0 Å². The summed E-state index contributed by atoms with van der Waals surface area (Å²) < 4.78 is 0. The monoisotopic (exact) mass is 64.1 g/mol. The molecule has 2 heteroatoms. The van der Waals surface area contributed by atoms with Crippen molar-refractivity contribution in [3.05, 3.63) is 0 Å². The minimum atomic E-state index is 0. The molecule has 0 amide bonds. The van der Waals surface area contributed by atoms with Crippen LogP contribution in [0.3, 0.4) is 0 Å². The van der Waals surface area contributed by atoms with Crippen LogP contribution >= 0.6 is 0 Å². The molecule has 0 aliphatic heterocycles. The largest absolute Gasteiger partial charge is 1.00 e. The molecule has 0 atom stereocenters. The van der Waals surface area contributed by atoms with Gasteiger partial charge in [-0.25, -0.2) is 0 Å². The minimum absolute atomic E-state index is 0. The molecular weight excluding hydrogens is 53.8 g/mol. The normalized spacial score (nSPS) is 6.00. The molecule has 0 fully saturated rings. The van der Waals surface area contributed by atoms with E-state index in [9.17, 15) is 0 Å². The van der Waals surface area contributed by atoms with E-state index in [1.54, 1.807) is 0 Å². The van der Waals surface area contributed by atoms with Crippen LogP contribution < -0.4 is 18.9 Å². The fourth-order valence-electron chi connectivity index (χ4n) is 0. The van der Waals surface area contributed by atoms with Crippen LogP contribution in [0.25, 0.3) is 0 Å². The van der Waals surface area contributed by atoms with Crippen LogP contribution in [-0.4, -0.2) is 7.28 Å². The van der Waals surface area contributed by atoms with Crippen molar-refractivity contribution >= 4 is 7.28 Å². The molecular formula is C3H10BLi. The van der Waals surface area contributed by atoms with Crippen molar-refractivity contribution in [2.24, 2.45) is 0 Å². The molecule has 0 aromatic rings. The Hall–Kier alpha value is 0.662. The Bertz CT molecular complexity index is 8.85. The van der Waals surface area contributed by atoms with E-state index in [-0.39, 0.29) is 18.9 Å². The molecule has 0 radical (unpaired) electrons. The first-order chi connectivity index (χ1) is 1.91. The van der Waals surface area contributed by atoms with E-state index in [4.69, 9.17) is 0 Å². The summed E-state index contributed by atoms with van der Waals surface area (Å²) >= 11 is 0. The number of rotatable bonds is 1. The average molecular weight is 63.9 g/mol.